The Hall–Kier alpha value is -0.710. The highest BCUT2D eigenvalue weighted by atomic mass is 19.3. The molecule has 0 aliphatic carbocycles. The molecule has 0 bridgehead atoms. The van der Waals surface area contributed by atoms with E-state index < -0.39 is 17.9 Å². The standard InChI is InChI=1S/C7H11F2NO2/c1-7(12)2-3-10(4-7)6(11)5(8)9/h5,12H,2-4H2,1H3. The van der Waals surface area contributed by atoms with E-state index in [2.05, 4.69) is 0 Å². The van der Waals surface area contributed by atoms with Gasteiger partial charge in [0.25, 0.3) is 5.91 Å². The van der Waals surface area contributed by atoms with Crippen LogP contribution in [0.3, 0.4) is 0 Å². The predicted molar refractivity (Wildman–Crippen MR) is 37.8 cm³/mol. The summed E-state index contributed by atoms with van der Waals surface area (Å²) in [5, 5.41) is 9.36. The van der Waals surface area contributed by atoms with Gasteiger partial charge in [0.1, 0.15) is 0 Å². The van der Waals surface area contributed by atoms with E-state index in [4.69, 9.17) is 0 Å². The van der Waals surface area contributed by atoms with E-state index in [0.717, 1.165) is 4.90 Å². The predicted octanol–water partition coefficient (Wildman–Crippen LogP) is 0.235. The Bertz CT molecular complexity index is 194. The number of carbonyl (C=O) groups is 1. The van der Waals surface area contributed by atoms with Crippen molar-refractivity contribution in [1.29, 1.82) is 0 Å². The lowest BCUT2D eigenvalue weighted by atomic mass is 10.1. The van der Waals surface area contributed by atoms with E-state index >= 15 is 0 Å². The molecule has 1 aliphatic rings. The van der Waals surface area contributed by atoms with E-state index in [1.807, 2.05) is 0 Å². The van der Waals surface area contributed by atoms with Crippen molar-refractivity contribution in [3.05, 3.63) is 0 Å². The van der Waals surface area contributed by atoms with Crippen LogP contribution in [0.15, 0.2) is 0 Å². The van der Waals surface area contributed by atoms with Crippen molar-refractivity contribution >= 4 is 5.91 Å². The molecule has 1 saturated heterocycles. The monoisotopic (exact) mass is 179 g/mol. The molecule has 12 heavy (non-hydrogen) atoms. The van der Waals surface area contributed by atoms with Gasteiger partial charge in [0, 0.05) is 13.1 Å². The average molecular weight is 179 g/mol. The maximum absolute atomic E-state index is 11.9. The molecule has 0 radical (unpaired) electrons. The van der Waals surface area contributed by atoms with Gasteiger partial charge in [-0.05, 0) is 13.3 Å². The normalized spacial score (nSPS) is 29.9. The smallest absolute Gasteiger partial charge is 0.315 e. The van der Waals surface area contributed by atoms with Gasteiger partial charge in [0.15, 0.2) is 0 Å². The molecule has 1 amide bonds. The van der Waals surface area contributed by atoms with Crippen LogP contribution in [-0.2, 0) is 4.79 Å². The minimum absolute atomic E-state index is 0.0101. The Kier molecular flexibility index (Phi) is 2.32. The zero-order valence-corrected chi connectivity index (χ0v) is 6.76. The fourth-order valence-electron chi connectivity index (χ4n) is 1.27. The van der Waals surface area contributed by atoms with E-state index in [1.165, 1.54) is 6.92 Å². The van der Waals surface area contributed by atoms with Crippen molar-refractivity contribution in [2.45, 2.75) is 25.4 Å². The number of rotatable bonds is 1. The molecule has 5 heteroatoms. The van der Waals surface area contributed by atoms with Crippen LogP contribution >= 0.6 is 0 Å². The van der Waals surface area contributed by atoms with Crippen molar-refractivity contribution in [2.75, 3.05) is 13.1 Å². The molecule has 1 atom stereocenters. The lowest BCUT2D eigenvalue weighted by Gasteiger charge is -2.18. The van der Waals surface area contributed by atoms with E-state index in [-0.39, 0.29) is 13.1 Å². The second-order valence-electron chi connectivity index (χ2n) is 3.31. The molecule has 1 rings (SSSR count). The van der Waals surface area contributed by atoms with Crippen LogP contribution in [-0.4, -0.2) is 41.0 Å². The highest BCUT2D eigenvalue weighted by Crippen LogP contribution is 2.21. The third-order valence-corrected chi connectivity index (χ3v) is 1.95. The van der Waals surface area contributed by atoms with Gasteiger partial charge in [-0.2, -0.15) is 8.78 Å². The largest absolute Gasteiger partial charge is 0.388 e. The maximum Gasteiger partial charge on any atom is 0.315 e. The Morgan fingerprint density at radius 1 is 1.67 bits per heavy atom. The molecule has 3 nitrogen and oxygen atoms in total. The lowest BCUT2D eigenvalue weighted by molar-refractivity contribution is -0.142. The Balaban J connectivity index is 2.53. The first-order chi connectivity index (χ1) is 5.42. The average Bonchev–Trinajstić information content (AvgIpc) is 2.28. The SMILES string of the molecule is CC1(O)CCN(C(=O)C(F)F)C1. The summed E-state index contributed by atoms with van der Waals surface area (Å²) in [6, 6.07) is 0. The van der Waals surface area contributed by atoms with Crippen molar-refractivity contribution in [3.63, 3.8) is 0 Å². The van der Waals surface area contributed by atoms with Gasteiger partial charge in [-0.25, -0.2) is 0 Å². The minimum Gasteiger partial charge on any atom is -0.388 e. The number of alkyl halides is 2. The van der Waals surface area contributed by atoms with Crippen LogP contribution in [0, 0.1) is 0 Å². The van der Waals surface area contributed by atoms with E-state index in [0.29, 0.717) is 6.42 Å². The molecule has 0 aromatic carbocycles. The molecule has 1 N–H and O–H groups in total. The number of carbonyl (C=O) groups excluding carboxylic acids is 1. The summed E-state index contributed by atoms with van der Waals surface area (Å²) in [5.41, 5.74) is -0.995. The number of β-amino-alcohol motifs (C(OH)–C–C–N with tert-alkyl or cyclic N) is 1. The third kappa shape index (κ3) is 1.91. The number of hydrogen-bond acceptors (Lipinski definition) is 2. The summed E-state index contributed by atoms with van der Waals surface area (Å²) in [7, 11) is 0. The quantitative estimate of drug-likeness (QED) is 0.626. The molecule has 0 saturated carbocycles. The molecule has 1 aliphatic heterocycles. The van der Waals surface area contributed by atoms with E-state index in [1.54, 1.807) is 0 Å². The third-order valence-electron chi connectivity index (χ3n) is 1.95. The molecule has 1 fully saturated rings. The molecular weight excluding hydrogens is 168 g/mol. The number of hydrogen-bond donors (Lipinski definition) is 1. The molecule has 0 aromatic rings. The first kappa shape index (κ1) is 9.38. The summed E-state index contributed by atoms with van der Waals surface area (Å²) < 4.78 is 23.7. The molecule has 0 spiro atoms. The molecule has 0 aromatic heterocycles. The van der Waals surface area contributed by atoms with Gasteiger partial charge in [0.05, 0.1) is 5.60 Å². The second-order valence-corrected chi connectivity index (χ2v) is 3.31. The summed E-state index contributed by atoms with van der Waals surface area (Å²) in [4.78, 5) is 11.7. The Morgan fingerprint density at radius 3 is 2.58 bits per heavy atom. The van der Waals surface area contributed by atoms with Crippen molar-refractivity contribution in [2.24, 2.45) is 0 Å². The molecule has 1 heterocycles. The number of nitrogens with zero attached hydrogens (tertiary/aromatic N) is 1. The Morgan fingerprint density at radius 2 is 2.25 bits per heavy atom. The Labute approximate surface area is 69.0 Å². The van der Waals surface area contributed by atoms with Gasteiger partial charge in [0.2, 0.25) is 0 Å². The molecular formula is C7H11F2NO2. The summed E-state index contributed by atoms with van der Waals surface area (Å²) >= 11 is 0. The first-order valence-corrected chi connectivity index (χ1v) is 3.72. The fourth-order valence-corrected chi connectivity index (χ4v) is 1.27. The first-order valence-electron chi connectivity index (χ1n) is 3.72. The molecule has 70 valence electrons. The second kappa shape index (κ2) is 2.97. The highest BCUT2D eigenvalue weighted by Gasteiger charge is 2.36. The van der Waals surface area contributed by atoms with Crippen molar-refractivity contribution in [1.82, 2.24) is 4.90 Å². The number of amides is 1. The van der Waals surface area contributed by atoms with Gasteiger partial charge in [-0.1, -0.05) is 0 Å². The van der Waals surface area contributed by atoms with Crippen LogP contribution in [0.1, 0.15) is 13.3 Å². The van der Waals surface area contributed by atoms with Gasteiger partial charge in [-0.3, -0.25) is 4.79 Å². The van der Waals surface area contributed by atoms with E-state index in [9.17, 15) is 18.7 Å². The van der Waals surface area contributed by atoms with Crippen LogP contribution in [0.5, 0.6) is 0 Å². The van der Waals surface area contributed by atoms with Crippen LogP contribution in [0.2, 0.25) is 0 Å². The topological polar surface area (TPSA) is 40.5 Å². The maximum atomic E-state index is 11.9. The zero-order valence-electron chi connectivity index (χ0n) is 6.76. The zero-order chi connectivity index (χ0) is 9.35. The van der Waals surface area contributed by atoms with Crippen LogP contribution < -0.4 is 0 Å². The van der Waals surface area contributed by atoms with Crippen molar-refractivity contribution < 1.29 is 18.7 Å². The summed E-state index contributed by atoms with van der Waals surface area (Å²) in [6.07, 6.45) is -2.59. The number of halogens is 2. The van der Waals surface area contributed by atoms with Crippen LogP contribution in [0.4, 0.5) is 8.78 Å². The number of aliphatic hydroxyl groups is 1. The lowest BCUT2D eigenvalue weighted by Crippen LogP contribution is -2.37. The van der Waals surface area contributed by atoms with Gasteiger partial charge >= 0.3 is 6.43 Å². The van der Waals surface area contributed by atoms with Gasteiger partial charge in [-0.15, -0.1) is 0 Å². The van der Waals surface area contributed by atoms with Gasteiger partial charge < -0.3 is 10.0 Å². The molecule has 1 unspecified atom stereocenters. The summed E-state index contributed by atoms with van der Waals surface area (Å²) in [5.74, 6) is -1.19. The fraction of sp³-hybridized carbons (Fsp3) is 0.857. The van der Waals surface area contributed by atoms with Crippen LogP contribution in [0.25, 0.3) is 0 Å². The number of likely N-dealkylation sites (tertiary alicyclic amines) is 1. The van der Waals surface area contributed by atoms with Crippen molar-refractivity contribution in [3.8, 4) is 0 Å². The minimum atomic E-state index is -2.96. The summed E-state index contributed by atoms with van der Waals surface area (Å²) in [6.45, 7) is 1.76. The highest BCUT2D eigenvalue weighted by molar-refractivity contribution is 5.79.